The number of rotatable bonds is 5. The zero-order valence-corrected chi connectivity index (χ0v) is 10.7. The minimum atomic E-state index is -0.942. The average molecular weight is 263 g/mol. The number of carbonyl (C=O) groups is 1. The summed E-state index contributed by atoms with van der Waals surface area (Å²) >= 11 is 1.56. The summed E-state index contributed by atoms with van der Waals surface area (Å²) in [7, 11) is 0. The Morgan fingerprint density at radius 3 is 3.00 bits per heavy atom. The summed E-state index contributed by atoms with van der Waals surface area (Å²) in [6.45, 7) is 2.46. The number of anilines is 1. The van der Waals surface area contributed by atoms with Crippen molar-refractivity contribution in [3.8, 4) is 0 Å². The lowest BCUT2D eigenvalue weighted by atomic mass is 10.2. The minimum absolute atomic E-state index is 0.249. The summed E-state index contributed by atoms with van der Waals surface area (Å²) in [4.78, 5) is 19.3. The van der Waals surface area contributed by atoms with Crippen molar-refractivity contribution in [2.45, 2.75) is 13.3 Å². The number of carboxylic acids is 1. The van der Waals surface area contributed by atoms with E-state index in [1.807, 2.05) is 5.38 Å². The van der Waals surface area contributed by atoms with Crippen LogP contribution in [0.15, 0.2) is 23.0 Å². The number of hydrogen-bond acceptors (Lipinski definition) is 5. The molecule has 0 radical (unpaired) electrons. The van der Waals surface area contributed by atoms with Crippen LogP contribution in [0, 0.1) is 6.92 Å². The molecule has 0 aliphatic heterocycles. The van der Waals surface area contributed by atoms with E-state index in [0.29, 0.717) is 18.1 Å². The molecule has 2 aromatic rings. The third-order valence-electron chi connectivity index (χ3n) is 2.37. The molecule has 0 amide bonds. The van der Waals surface area contributed by atoms with Gasteiger partial charge in [0, 0.05) is 24.0 Å². The molecule has 0 bridgehead atoms. The Bertz CT molecular complexity index is 540. The van der Waals surface area contributed by atoms with Crippen molar-refractivity contribution in [1.82, 2.24) is 9.97 Å². The van der Waals surface area contributed by atoms with Crippen molar-refractivity contribution in [1.29, 1.82) is 0 Å². The normalized spacial score (nSPS) is 10.3. The van der Waals surface area contributed by atoms with Gasteiger partial charge in [0.25, 0.3) is 0 Å². The Hall–Kier alpha value is -1.95. The predicted molar refractivity (Wildman–Crippen MR) is 70.2 cm³/mol. The molecule has 2 heterocycles. The van der Waals surface area contributed by atoms with Gasteiger partial charge in [-0.15, -0.1) is 11.3 Å². The first-order valence-electron chi connectivity index (χ1n) is 5.48. The van der Waals surface area contributed by atoms with Crippen molar-refractivity contribution >= 4 is 23.1 Å². The van der Waals surface area contributed by atoms with E-state index >= 15 is 0 Å². The van der Waals surface area contributed by atoms with Crippen LogP contribution in [0.5, 0.6) is 0 Å². The van der Waals surface area contributed by atoms with Gasteiger partial charge < -0.3 is 10.4 Å². The highest BCUT2D eigenvalue weighted by atomic mass is 32.1. The van der Waals surface area contributed by atoms with Crippen LogP contribution >= 0.6 is 11.3 Å². The molecule has 0 spiro atoms. The Morgan fingerprint density at radius 2 is 2.33 bits per heavy atom. The Morgan fingerprint density at radius 1 is 1.50 bits per heavy atom. The van der Waals surface area contributed by atoms with E-state index < -0.39 is 5.97 Å². The fourth-order valence-corrected chi connectivity index (χ4v) is 2.16. The van der Waals surface area contributed by atoms with Gasteiger partial charge in [0.1, 0.15) is 5.82 Å². The number of thiazole rings is 1. The maximum Gasteiger partial charge on any atom is 0.335 e. The van der Waals surface area contributed by atoms with Gasteiger partial charge in [-0.25, -0.2) is 14.8 Å². The van der Waals surface area contributed by atoms with Crippen molar-refractivity contribution in [3.05, 3.63) is 40.0 Å². The SMILES string of the molecule is Cc1cc(C(=O)O)cc(NCCc2cscn2)n1. The molecule has 0 atom stereocenters. The molecule has 5 nitrogen and oxygen atoms in total. The van der Waals surface area contributed by atoms with Crippen LogP contribution in [-0.4, -0.2) is 27.6 Å². The van der Waals surface area contributed by atoms with Gasteiger partial charge in [0.15, 0.2) is 0 Å². The third kappa shape index (κ3) is 3.27. The number of carboxylic acid groups (broad SMARTS) is 1. The standard InChI is InChI=1S/C12H13N3O2S/c1-8-4-9(12(16)17)5-11(15-8)13-3-2-10-6-18-7-14-10/h4-7H,2-3H2,1H3,(H,13,15)(H,16,17). The molecule has 0 unspecified atom stereocenters. The summed E-state index contributed by atoms with van der Waals surface area (Å²) in [5.41, 5.74) is 3.76. The van der Waals surface area contributed by atoms with Gasteiger partial charge in [-0.3, -0.25) is 0 Å². The monoisotopic (exact) mass is 263 g/mol. The number of aromatic nitrogens is 2. The van der Waals surface area contributed by atoms with Crippen molar-refractivity contribution < 1.29 is 9.90 Å². The molecule has 0 aliphatic carbocycles. The number of pyridine rings is 1. The Labute approximate surface area is 109 Å². The van der Waals surface area contributed by atoms with Gasteiger partial charge >= 0.3 is 5.97 Å². The lowest BCUT2D eigenvalue weighted by molar-refractivity contribution is 0.0696. The van der Waals surface area contributed by atoms with Crippen molar-refractivity contribution in [3.63, 3.8) is 0 Å². The predicted octanol–water partition coefficient (Wildman–Crippen LogP) is 2.20. The number of aryl methyl sites for hydroxylation is 1. The molecule has 2 aromatic heterocycles. The largest absolute Gasteiger partial charge is 0.478 e. The molecular weight excluding hydrogens is 250 g/mol. The molecule has 6 heteroatoms. The van der Waals surface area contributed by atoms with Gasteiger partial charge in [-0.2, -0.15) is 0 Å². The summed E-state index contributed by atoms with van der Waals surface area (Å²) < 4.78 is 0. The first-order valence-corrected chi connectivity index (χ1v) is 6.42. The fourth-order valence-electron chi connectivity index (χ4n) is 1.56. The highest BCUT2D eigenvalue weighted by molar-refractivity contribution is 7.07. The zero-order valence-electron chi connectivity index (χ0n) is 9.88. The van der Waals surface area contributed by atoms with Crippen LogP contribution in [0.25, 0.3) is 0 Å². The second-order valence-electron chi connectivity index (χ2n) is 3.84. The highest BCUT2D eigenvalue weighted by Crippen LogP contribution is 2.10. The Kier molecular flexibility index (Phi) is 3.88. The second kappa shape index (κ2) is 5.59. The van der Waals surface area contributed by atoms with E-state index in [2.05, 4.69) is 15.3 Å². The molecule has 0 fully saturated rings. The lowest BCUT2D eigenvalue weighted by Crippen LogP contribution is -2.08. The van der Waals surface area contributed by atoms with Crippen LogP contribution in [0.3, 0.4) is 0 Å². The number of nitrogens with zero attached hydrogens (tertiary/aromatic N) is 2. The van der Waals surface area contributed by atoms with Crippen molar-refractivity contribution in [2.24, 2.45) is 0 Å². The molecule has 0 aliphatic rings. The van der Waals surface area contributed by atoms with E-state index in [1.165, 1.54) is 6.07 Å². The molecule has 0 saturated heterocycles. The molecule has 2 N–H and O–H groups in total. The average Bonchev–Trinajstić information content (AvgIpc) is 2.81. The maximum absolute atomic E-state index is 10.9. The zero-order chi connectivity index (χ0) is 13.0. The molecule has 0 saturated carbocycles. The van der Waals surface area contributed by atoms with Crippen LogP contribution in [0.1, 0.15) is 21.7 Å². The molecule has 94 valence electrons. The fraction of sp³-hybridized carbons (Fsp3) is 0.250. The van der Waals surface area contributed by atoms with Crippen LogP contribution in [0.2, 0.25) is 0 Å². The van der Waals surface area contributed by atoms with E-state index in [0.717, 1.165) is 12.1 Å². The molecule has 18 heavy (non-hydrogen) atoms. The highest BCUT2D eigenvalue weighted by Gasteiger charge is 2.06. The minimum Gasteiger partial charge on any atom is -0.478 e. The van der Waals surface area contributed by atoms with E-state index in [-0.39, 0.29) is 5.56 Å². The van der Waals surface area contributed by atoms with Crippen molar-refractivity contribution in [2.75, 3.05) is 11.9 Å². The van der Waals surface area contributed by atoms with E-state index in [9.17, 15) is 4.79 Å². The number of nitrogens with one attached hydrogen (secondary N) is 1. The lowest BCUT2D eigenvalue weighted by Gasteiger charge is -2.06. The van der Waals surface area contributed by atoms with Crippen LogP contribution in [0.4, 0.5) is 5.82 Å². The van der Waals surface area contributed by atoms with Gasteiger partial charge in [0.05, 0.1) is 16.8 Å². The Balaban J connectivity index is 1.98. The van der Waals surface area contributed by atoms with Gasteiger partial charge in [0.2, 0.25) is 0 Å². The summed E-state index contributed by atoms with van der Waals surface area (Å²) in [6.07, 6.45) is 0.793. The van der Waals surface area contributed by atoms with E-state index in [1.54, 1.807) is 29.8 Å². The topological polar surface area (TPSA) is 75.1 Å². The van der Waals surface area contributed by atoms with Gasteiger partial charge in [-0.05, 0) is 19.1 Å². The summed E-state index contributed by atoms with van der Waals surface area (Å²) in [6, 6.07) is 3.09. The molecular formula is C12H13N3O2S. The van der Waals surface area contributed by atoms with Crippen LogP contribution < -0.4 is 5.32 Å². The third-order valence-corrected chi connectivity index (χ3v) is 3.01. The van der Waals surface area contributed by atoms with Gasteiger partial charge in [-0.1, -0.05) is 0 Å². The number of aromatic carboxylic acids is 1. The molecule has 2 rings (SSSR count). The van der Waals surface area contributed by atoms with Crippen LogP contribution in [-0.2, 0) is 6.42 Å². The second-order valence-corrected chi connectivity index (χ2v) is 4.56. The summed E-state index contributed by atoms with van der Waals surface area (Å²) in [5.74, 6) is -0.356. The smallest absolute Gasteiger partial charge is 0.335 e. The quantitative estimate of drug-likeness (QED) is 0.865. The number of hydrogen-bond donors (Lipinski definition) is 2. The first kappa shape index (κ1) is 12.5. The first-order chi connectivity index (χ1) is 8.65. The summed E-state index contributed by atoms with van der Waals surface area (Å²) in [5, 5.41) is 14.0. The van der Waals surface area contributed by atoms with E-state index in [4.69, 9.17) is 5.11 Å². The maximum atomic E-state index is 10.9. The molecule has 0 aromatic carbocycles.